The Morgan fingerprint density at radius 1 is 1.09 bits per heavy atom. The Bertz CT molecular complexity index is 805. The van der Waals surface area contributed by atoms with E-state index in [-0.39, 0.29) is 17.1 Å². The molecule has 0 aliphatic carbocycles. The van der Waals surface area contributed by atoms with Gasteiger partial charge in [-0.05, 0) is 48.9 Å². The van der Waals surface area contributed by atoms with Gasteiger partial charge < -0.3 is 5.32 Å². The molecule has 0 saturated carbocycles. The van der Waals surface area contributed by atoms with E-state index in [2.05, 4.69) is 5.32 Å². The van der Waals surface area contributed by atoms with Crippen molar-refractivity contribution in [2.75, 3.05) is 13.1 Å². The van der Waals surface area contributed by atoms with Crippen LogP contribution >= 0.6 is 0 Å². The average Bonchev–Trinajstić information content (AvgIpc) is 3.01. The largest absolute Gasteiger partial charge is 0.316 e. The van der Waals surface area contributed by atoms with Crippen LogP contribution in [0.5, 0.6) is 0 Å². The molecule has 1 heterocycles. The van der Waals surface area contributed by atoms with E-state index in [1.54, 1.807) is 0 Å². The van der Waals surface area contributed by atoms with Gasteiger partial charge >= 0.3 is 0 Å². The highest BCUT2D eigenvalue weighted by molar-refractivity contribution is 7.91. The summed E-state index contributed by atoms with van der Waals surface area (Å²) in [4.78, 5) is -0.340. The van der Waals surface area contributed by atoms with Gasteiger partial charge in [0.1, 0.15) is 11.6 Å². The van der Waals surface area contributed by atoms with Crippen molar-refractivity contribution in [3.8, 4) is 0 Å². The lowest BCUT2D eigenvalue weighted by atomic mass is 9.98. The van der Waals surface area contributed by atoms with Gasteiger partial charge in [0.25, 0.3) is 0 Å². The van der Waals surface area contributed by atoms with Gasteiger partial charge in [0.2, 0.25) is 9.84 Å². The fourth-order valence-corrected chi connectivity index (χ4v) is 4.00. The average molecular weight is 325 g/mol. The van der Waals surface area contributed by atoms with E-state index in [1.165, 1.54) is 24.3 Å². The molecule has 1 aliphatic heterocycles. The van der Waals surface area contributed by atoms with Crippen molar-refractivity contribution in [3.63, 3.8) is 0 Å². The Morgan fingerprint density at radius 2 is 1.86 bits per heavy atom. The Hall–Kier alpha value is -1.79. The lowest BCUT2D eigenvalue weighted by molar-refractivity contribution is 0.575. The van der Waals surface area contributed by atoms with Crippen molar-refractivity contribution >= 4 is 9.84 Å². The highest BCUT2D eigenvalue weighted by Gasteiger charge is 2.23. The second-order valence-corrected chi connectivity index (χ2v) is 7.28. The molecule has 0 amide bonds. The van der Waals surface area contributed by atoms with Crippen LogP contribution in [0.4, 0.5) is 8.78 Å². The summed E-state index contributed by atoms with van der Waals surface area (Å²) in [5.74, 6) is -1.12. The molecule has 1 N–H and O–H groups in total. The highest BCUT2D eigenvalue weighted by Crippen LogP contribution is 2.28. The van der Waals surface area contributed by atoms with Crippen molar-refractivity contribution in [2.45, 2.75) is 22.1 Å². The molecular formula is C16H17F2NO2S. The maximum atomic E-state index is 14.3. The van der Waals surface area contributed by atoms with Crippen LogP contribution in [0.25, 0.3) is 0 Å². The third-order valence-corrected chi connectivity index (χ3v) is 5.64. The number of halogens is 2. The van der Waals surface area contributed by atoms with Gasteiger partial charge in [-0.1, -0.05) is 12.1 Å². The molecule has 1 saturated heterocycles. The van der Waals surface area contributed by atoms with Crippen LogP contribution in [-0.2, 0) is 9.84 Å². The van der Waals surface area contributed by atoms with E-state index < -0.39 is 21.5 Å². The van der Waals surface area contributed by atoms with Gasteiger partial charge in [-0.15, -0.1) is 0 Å². The molecule has 1 aliphatic rings. The van der Waals surface area contributed by atoms with Crippen LogP contribution in [0.15, 0.2) is 52.3 Å². The zero-order valence-electron chi connectivity index (χ0n) is 11.7. The lowest BCUT2D eigenvalue weighted by Gasteiger charge is -2.12. The molecule has 22 heavy (non-hydrogen) atoms. The summed E-state index contributed by atoms with van der Waals surface area (Å²) >= 11 is 0. The molecule has 3 nitrogen and oxygen atoms in total. The molecule has 6 heteroatoms. The Labute approximate surface area is 129 Å². The fraction of sp³-hybridized carbons (Fsp3) is 0.250. The Kier molecular flexibility index (Phi) is 3.97. The van der Waals surface area contributed by atoms with Crippen LogP contribution in [0, 0.1) is 11.6 Å². The quantitative estimate of drug-likeness (QED) is 0.943. The first-order valence-corrected chi connectivity index (χ1v) is 8.47. The molecule has 0 spiro atoms. The molecule has 2 aromatic carbocycles. The molecule has 1 atom stereocenters. The van der Waals surface area contributed by atoms with Gasteiger partial charge in [-0.3, -0.25) is 0 Å². The monoisotopic (exact) mass is 325 g/mol. The maximum Gasteiger partial charge on any atom is 0.206 e. The smallest absolute Gasteiger partial charge is 0.206 e. The summed E-state index contributed by atoms with van der Waals surface area (Å²) < 4.78 is 52.3. The molecule has 118 valence electrons. The minimum atomic E-state index is -3.92. The van der Waals surface area contributed by atoms with E-state index in [4.69, 9.17) is 0 Å². The first kappa shape index (κ1) is 15.1. The van der Waals surface area contributed by atoms with Crippen molar-refractivity contribution in [1.29, 1.82) is 0 Å². The van der Waals surface area contributed by atoms with Crippen molar-refractivity contribution in [1.82, 2.24) is 5.32 Å². The van der Waals surface area contributed by atoms with Crippen LogP contribution < -0.4 is 5.32 Å². The number of hydrogen-bond donors (Lipinski definition) is 1. The lowest BCUT2D eigenvalue weighted by Crippen LogP contribution is -2.10. The molecule has 0 aromatic heterocycles. The summed E-state index contributed by atoms with van der Waals surface area (Å²) in [5, 5.41) is 3.15. The van der Waals surface area contributed by atoms with E-state index in [1.807, 2.05) is 0 Å². The van der Waals surface area contributed by atoms with Crippen molar-refractivity contribution < 1.29 is 18.6 Å². The standard InChI is InChI=1S/C16H15F2NO2S.H2/c17-12-2-1-3-13(8-12)22(20,21)14-4-5-15(16(18)9-14)11-6-7-19-10-11;/h1-5,8-9,11,19H,6-7,10H2;1H. The third-order valence-electron chi connectivity index (χ3n) is 3.89. The van der Waals surface area contributed by atoms with Crippen molar-refractivity contribution in [3.05, 3.63) is 59.7 Å². The van der Waals surface area contributed by atoms with E-state index in [0.29, 0.717) is 12.1 Å². The molecule has 1 fully saturated rings. The maximum absolute atomic E-state index is 14.3. The Morgan fingerprint density at radius 3 is 2.50 bits per heavy atom. The van der Waals surface area contributed by atoms with Gasteiger partial charge in [0, 0.05) is 13.9 Å². The first-order chi connectivity index (χ1) is 10.5. The SMILES string of the molecule is O=S(=O)(c1cccc(F)c1)c1ccc(C2CCNC2)c(F)c1.[HH]. The first-order valence-electron chi connectivity index (χ1n) is 6.99. The van der Waals surface area contributed by atoms with Crippen LogP contribution in [0.3, 0.4) is 0 Å². The predicted molar refractivity (Wildman–Crippen MR) is 80.6 cm³/mol. The number of rotatable bonds is 3. The number of nitrogens with one attached hydrogen (secondary N) is 1. The molecule has 2 aromatic rings. The topological polar surface area (TPSA) is 46.2 Å². The molecule has 0 radical (unpaired) electrons. The second-order valence-electron chi connectivity index (χ2n) is 5.33. The van der Waals surface area contributed by atoms with E-state index in [9.17, 15) is 17.2 Å². The summed E-state index contributed by atoms with van der Waals surface area (Å²) in [7, 11) is -3.92. The van der Waals surface area contributed by atoms with Crippen molar-refractivity contribution in [2.24, 2.45) is 0 Å². The van der Waals surface area contributed by atoms with Gasteiger partial charge in [0.05, 0.1) is 9.79 Å². The number of benzene rings is 2. The van der Waals surface area contributed by atoms with Gasteiger partial charge in [0.15, 0.2) is 0 Å². The summed E-state index contributed by atoms with van der Waals surface area (Å²) in [5.41, 5.74) is 0.517. The second kappa shape index (κ2) is 5.78. The molecule has 0 bridgehead atoms. The fourth-order valence-electron chi connectivity index (χ4n) is 2.70. The normalized spacial score (nSPS) is 18.5. The summed E-state index contributed by atoms with van der Waals surface area (Å²) in [6, 6.07) is 8.63. The number of sulfone groups is 1. The molecule has 1 unspecified atom stereocenters. The highest BCUT2D eigenvalue weighted by atomic mass is 32.2. The van der Waals surface area contributed by atoms with E-state index >= 15 is 0 Å². The summed E-state index contributed by atoms with van der Waals surface area (Å²) in [6.07, 6.45) is 0.826. The van der Waals surface area contributed by atoms with Crippen LogP contribution in [-0.4, -0.2) is 21.5 Å². The Balaban J connectivity index is 0.00000192. The van der Waals surface area contributed by atoms with Gasteiger partial charge in [-0.2, -0.15) is 0 Å². The van der Waals surface area contributed by atoms with Crippen LogP contribution in [0.1, 0.15) is 19.3 Å². The van der Waals surface area contributed by atoms with E-state index in [0.717, 1.165) is 31.2 Å². The number of hydrogen-bond acceptors (Lipinski definition) is 3. The zero-order chi connectivity index (χ0) is 15.7. The third kappa shape index (κ3) is 2.76. The minimum absolute atomic E-state index is 0. The van der Waals surface area contributed by atoms with Crippen LogP contribution in [0.2, 0.25) is 0 Å². The zero-order valence-corrected chi connectivity index (χ0v) is 12.5. The molecular weight excluding hydrogens is 308 g/mol. The molecule has 3 rings (SSSR count). The predicted octanol–water partition coefficient (Wildman–Crippen LogP) is 3.12. The van der Waals surface area contributed by atoms with Gasteiger partial charge in [-0.25, -0.2) is 17.2 Å². The minimum Gasteiger partial charge on any atom is -0.316 e. The summed E-state index contributed by atoms with van der Waals surface area (Å²) in [6.45, 7) is 1.51.